The normalized spacial score (nSPS) is 10.5. The van der Waals surface area contributed by atoms with Crippen LogP contribution in [-0.4, -0.2) is 61.0 Å². The van der Waals surface area contributed by atoms with E-state index < -0.39 is 0 Å². The zero-order valence-electron chi connectivity index (χ0n) is 17.7. The van der Waals surface area contributed by atoms with Crippen molar-refractivity contribution in [2.75, 3.05) is 38.7 Å². The number of nitrogens with one attached hydrogen (secondary N) is 2. The molecule has 1 aromatic carbocycles. The van der Waals surface area contributed by atoms with Crippen molar-refractivity contribution in [1.29, 1.82) is 0 Å². The first kappa shape index (κ1) is 24.8. The Morgan fingerprint density at radius 3 is 2.61 bits per heavy atom. The monoisotopic (exact) mass is 466 g/mol. The van der Waals surface area contributed by atoms with Gasteiger partial charge in [0.25, 0.3) is 5.91 Å². The summed E-state index contributed by atoms with van der Waals surface area (Å²) in [6.45, 7) is 3.09. The number of ether oxygens (including phenoxy) is 1. The SMILES string of the molecule is CCCCNC(=O)Cc1csc(NC(=O)CN(CCOC)C(=O)c2ccc(Cl)cc2)n1. The van der Waals surface area contributed by atoms with Gasteiger partial charge in [0.2, 0.25) is 11.8 Å². The van der Waals surface area contributed by atoms with Gasteiger partial charge in [-0.05, 0) is 30.7 Å². The summed E-state index contributed by atoms with van der Waals surface area (Å²) in [5.74, 6) is -0.782. The molecule has 0 aliphatic heterocycles. The van der Waals surface area contributed by atoms with Crippen molar-refractivity contribution in [1.82, 2.24) is 15.2 Å². The standard InChI is InChI=1S/C21H27ClN4O4S/c1-3-4-9-23-18(27)12-17-14-31-21(24-17)25-19(28)13-26(10-11-30-2)20(29)15-5-7-16(22)8-6-15/h5-8,14H,3-4,9-13H2,1-2H3,(H,23,27)(H,24,25,28). The number of amides is 3. The van der Waals surface area contributed by atoms with E-state index in [0.717, 1.165) is 12.8 Å². The number of hydrogen-bond donors (Lipinski definition) is 2. The van der Waals surface area contributed by atoms with Crippen molar-refractivity contribution in [3.05, 3.63) is 45.9 Å². The number of benzene rings is 1. The molecular weight excluding hydrogens is 440 g/mol. The van der Waals surface area contributed by atoms with Gasteiger partial charge in [0.05, 0.1) is 18.7 Å². The molecule has 8 nitrogen and oxygen atoms in total. The molecule has 0 atom stereocenters. The molecular formula is C21H27ClN4O4S. The van der Waals surface area contributed by atoms with Gasteiger partial charge in [-0.25, -0.2) is 4.98 Å². The highest BCUT2D eigenvalue weighted by atomic mass is 35.5. The lowest BCUT2D eigenvalue weighted by Crippen LogP contribution is -2.40. The summed E-state index contributed by atoms with van der Waals surface area (Å²) < 4.78 is 5.06. The van der Waals surface area contributed by atoms with E-state index in [1.165, 1.54) is 23.3 Å². The number of unbranched alkanes of at least 4 members (excludes halogenated alkanes) is 1. The predicted octanol–water partition coefficient (Wildman–Crippen LogP) is 2.98. The van der Waals surface area contributed by atoms with E-state index in [9.17, 15) is 14.4 Å². The number of carbonyl (C=O) groups excluding carboxylic acids is 3. The second-order valence-electron chi connectivity index (χ2n) is 6.80. The number of thiazole rings is 1. The molecule has 2 N–H and O–H groups in total. The molecule has 0 unspecified atom stereocenters. The molecule has 0 spiro atoms. The minimum absolute atomic E-state index is 0.101. The highest BCUT2D eigenvalue weighted by molar-refractivity contribution is 7.13. The molecule has 3 amide bonds. The van der Waals surface area contributed by atoms with Gasteiger partial charge in [-0.1, -0.05) is 24.9 Å². The van der Waals surface area contributed by atoms with Crippen molar-refractivity contribution in [3.63, 3.8) is 0 Å². The number of aromatic nitrogens is 1. The van der Waals surface area contributed by atoms with Crippen LogP contribution in [0.4, 0.5) is 5.13 Å². The van der Waals surface area contributed by atoms with Crippen molar-refractivity contribution in [3.8, 4) is 0 Å². The summed E-state index contributed by atoms with van der Waals surface area (Å²) in [6.07, 6.45) is 2.10. The molecule has 2 rings (SSSR count). The van der Waals surface area contributed by atoms with E-state index in [1.54, 1.807) is 29.6 Å². The Morgan fingerprint density at radius 1 is 1.19 bits per heavy atom. The van der Waals surface area contributed by atoms with E-state index in [2.05, 4.69) is 22.5 Å². The van der Waals surface area contributed by atoms with Gasteiger partial charge in [0, 0.05) is 36.2 Å². The molecule has 1 heterocycles. The maximum Gasteiger partial charge on any atom is 0.254 e. The quantitative estimate of drug-likeness (QED) is 0.468. The summed E-state index contributed by atoms with van der Waals surface area (Å²) >= 11 is 7.11. The van der Waals surface area contributed by atoms with Crippen LogP contribution < -0.4 is 10.6 Å². The van der Waals surface area contributed by atoms with Crippen molar-refractivity contribution < 1.29 is 19.1 Å². The first-order valence-corrected chi connectivity index (χ1v) is 11.2. The van der Waals surface area contributed by atoms with Crippen LogP contribution >= 0.6 is 22.9 Å². The van der Waals surface area contributed by atoms with Gasteiger partial charge >= 0.3 is 0 Å². The third-order valence-corrected chi connectivity index (χ3v) is 5.33. The van der Waals surface area contributed by atoms with Gasteiger partial charge in [0.1, 0.15) is 6.54 Å². The van der Waals surface area contributed by atoms with E-state index >= 15 is 0 Å². The zero-order valence-corrected chi connectivity index (χ0v) is 19.2. The Bertz CT molecular complexity index is 873. The number of hydrogen-bond acceptors (Lipinski definition) is 6. The van der Waals surface area contributed by atoms with Crippen molar-refractivity contribution in [2.24, 2.45) is 0 Å². The summed E-state index contributed by atoms with van der Waals surface area (Å²) in [4.78, 5) is 42.9. The molecule has 0 aliphatic rings. The van der Waals surface area contributed by atoms with Crippen LogP contribution in [0.15, 0.2) is 29.6 Å². The van der Waals surface area contributed by atoms with Crippen LogP contribution in [0, 0.1) is 0 Å². The number of methoxy groups -OCH3 is 1. The maximum atomic E-state index is 12.8. The van der Waals surface area contributed by atoms with E-state index in [0.29, 0.717) is 34.6 Å². The highest BCUT2D eigenvalue weighted by Gasteiger charge is 2.19. The number of carbonyl (C=O) groups is 3. The van der Waals surface area contributed by atoms with E-state index in [1.807, 2.05) is 0 Å². The molecule has 0 bridgehead atoms. The lowest BCUT2D eigenvalue weighted by atomic mass is 10.2. The minimum atomic E-state index is -0.383. The Morgan fingerprint density at radius 2 is 1.94 bits per heavy atom. The fourth-order valence-corrected chi connectivity index (χ4v) is 3.49. The van der Waals surface area contributed by atoms with Gasteiger partial charge < -0.3 is 20.3 Å². The molecule has 31 heavy (non-hydrogen) atoms. The smallest absolute Gasteiger partial charge is 0.254 e. The second kappa shape index (κ2) is 13.0. The molecule has 0 saturated carbocycles. The fraction of sp³-hybridized carbons (Fsp3) is 0.429. The lowest BCUT2D eigenvalue weighted by Gasteiger charge is -2.21. The van der Waals surface area contributed by atoms with Gasteiger partial charge in [-0.3, -0.25) is 14.4 Å². The third-order valence-electron chi connectivity index (χ3n) is 4.27. The lowest BCUT2D eigenvalue weighted by molar-refractivity contribution is -0.120. The zero-order chi connectivity index (χ0) is 22.6. The second-order valence-corrected chi connectivity index (χ2v) is 8.09. The molecule has 0 fully saturated rings. The van der Waals surface area contributed by atoms with Crippen LogP contribution in [0.25, 0.3) is 0 Å². The van der Waals surface area contributed by atoms with Gasteiger partial charge in [-0.15, -0.1) is 11.3 Å². The Kier molecular flexibility index (Phi) is 10.4. The third kappa shape index (κ3) is 8.64. The van der Waals surface area contributed by atoms with Crippen molar-refractivity contribution >= 4 is 45.8 Å². The fourth-order valence-electron chi connectivity index (χ4n) is 2.64. The highest BCUT2D eigenvalue weighted by Crippen LogP contribution is 2.16. The number of anilines is 1. The van der Waals surface area contributed by atoms with Crippen molar-refractivity contribution in [2.45, 2.75) is 26.2 Å². The first-order chi connectivity index (χ1) is 14.9. The first-order valence-electron chi connectivity index (χ1n) is 9.97. The molecule has 168 valence electrons. The van der Waals surface area contributed by atoms with Crippen LogP contribution in [0.3, 0.4) is 0 Å². The Hall–Kier alpha value is -2.49. The van der Waals surface area contributed by atoms with Crippen LogP contribution in [-0.2, 0) is 20.7 Å². The Labute approximate surface area is 190 Å². The molecule has 0 saturated heterocycles. The molecule has 2 aromatic rings. The summed E-state index contributed by atoms with van der Waals surface area (Å²) in [6, 6.07) is 6.47. The number of halogens is 1. The van der Waals surface area contributed by atoms with Gasteiger partial charge in [-0.2, -0.15) is 0 Å². The summed E-state index contributed by atoms with van der Waals surface area (Å²) in [5, 5.41) is 8.16. The van der Waals surface area contributed by atoms with E-state index in [-0.39, 0.29) is 37.2 Å². The largest absolute Gasteiger partial charge is 0.383 e. The summed E-state index contributed by atoms with van der Waals surface area (Å²) in [7, 11) is 1.53. The number of rotatable bonds is 12. The minimum Gasteiger partial charge on any atom is -0.383 e. The molecule has 1 aromatic heterocycles. The molecule has 10 heteroatoms. The summed E-state index contributed by atoms with van der Waals surface area (Å²) in [5.41, 5.74) is 1.02. The van der Waals surface area contributed by atoms with Crippen LogP contribution in [0.5, 0.6) is 0 Å². The molecule has 0 aliphatic carbocycles. The number of nitrogens with zero attached hydrogens (tertiary/aromatic N) is 2. The Balaban J connectivity index is 1.93. The average Bonchev–Trinajstić information content (AvgIpc) is 3.17. The molecule has 0 radical (unpaired) electrons. The average molecular weight is 467 g/mol. The predicted molar refractivity (Wildman–Crippen MR) is 122 cm³/mol. The van der Waals surface area contributed by atoms with E-state index in [4.69, 9.17) is 16.3 Å². The van der Waals surface area contributed by atoms with Crippen LogP contribution in [0.1, 0.15) is 35.8 Å². The van der Waals surface area contributed by atoms with Crippen LogP contribution in [0.2, 0.25) is 5.02 Å². The van der Waals surface area contributed by atoms with Gasteiger partial charge in [0.15, 0.2) is 5.13 Å². The topological polar surface area (TPSA) is 101 Å². The maximum absolute atomic E-state index is 12.8.